The number of hydrogen-bond donors (Lipinski definition) is 1. The predicted molar refractivity (Wildman–Crippen MR) is 64.8 cm³/mol. The molecule has 0 bridgehead atoms. The van der Waals surface area contributed by atoms with Gasteiger partial charge in [0.2, 0.25) is 0 Å². The zero-order valence-corrected chi connectivity index (χ0v) is 9.93. The maximum atomic E-state index is 5.66. The van der Waals surface area contributed by atoms with Gasteiger partial charge in [0, 0.05) is 26.7 Å². The molecule has 0 radical (unpaired) electrons. The highest BCUT2D eigenvalue weighted by molar-refractivity contribution is 7.14. The highest BCUT2D eigenvalue weighted by atomic mass is 32.1. The van der Waals surface area contributed by atoms with Crippen LogP contribution in [0.2, 0.25) is 0 Å². The minimum Gasteiger partial charge on any atom is -0.376 e. The van der Waals surface area contributed by atoms with Crippen molar-refractivity contribution in [2.75, 3.05) is 38.2 Å². The second kappa shape index (κ2) is 5.49. The van der Waals surface area contributed by atoms with Gasteiger partial charge >= 0.3 is 0 Å². The van der Waals surface area contributed by atoms with E-state index in [4.69, 9.17) is 4.74 Å². The van der Waals surface area contributed by atoms with Gasteiger partial charge in [0.1, 0.15) is 0 Å². The normalized spacial score (nSPS) is 21.5. The molecule has 0 amide bonds. The van der Waals surface area contributed by atoms with Crippen molar-refractivity contribution in [1.29, 1.82) is 0 Å². The van der Waals surface area contributed by atoms with Gasteiger partial charge in [-0.05, 0) is 23.9 Å². The SMILES string of the molecule is CN(CCC1CNCCO1)c1cccs1. The molecule has 1 saturated heterocycles. The Morgan fingerprint density at radius 3 is 3.27 bits per heavy atom. The summed E-state index contributed by atoms with van der Waals surface area (Å²) in [6.07, 6.45) is 1.49. The lowest BCUT2D eigenvalue weighted by Crippen LogP contribution is -2.40. The first-order valence-electron chi connectivity index (χ1n) is 5.43. The van der Waals surface area contributed by atoms with E-state index < -0.39 is 0 Å². The van der Waals surface area contributed by atoms with Gasteiger partial charge in [-0.2, -0.15) is 0 Å². The van der Waals surface area contributed by atoms with Gasteiger partial charge in [-0.3, -0.25) is 0 Å². The van der Waals surface area contributed by atoms with E-state index in [1.165, 1.54) is 5.00 Å². The number of ether oxygens (including phenoxy) is 1. The highest BCUT2D eigenvalue weighted by Gasteiger charge is 2.13. The summed E-state index contributed by atoms with van der Waals surface area (Å²) in [6, 6.07) is 4.25. The third-order valence-electron chi connectivity index (χ3n) is 2.67. The number of anilines is 1. The average molecular weight is 226 g/mol. The third-order valence-corrected chi connectivity index (χ3v) is 3.66. The zero-order valence-electron chi connectivity index (χ0n) is 9.11. The standard InChI is InChI=1S/C11H18N2OS/c1-13(11-3-2-8-15-11)6-4-10-9-12-5-7-14-10/h2-3,8,10,12H,4-7,9H2,1H3. The first kappa shape index (κ1) is 10.9. The Morgan fingerprint density at radius 1 is 1.67 bits per heavy atom. The third kappa shape index (κ3) is 3.19. The summed E-state index contributed by atoms with van der Waals surface area (Å²) in [4.78, 5) is 2.29. The van der Waals surface area contributed by atoms with E-state index >= 15 is 0 Å². The highest BCUT2D eigenvalue weighted by Crippen LogP contribution is 2.20. The van der Waals surface area contributed by atoms with Crippen molar-refractivity contribution in [3.05, 3.63) is 17.5 Å². The molecule has 1 aliphatic heterocycles. The molecule has 4 heteroatoms. The Labute approximate surface area is 95.0 Å². The van der Waals surface area contributed by atoms with Gasteiger partial charge < -0.3 is 15.0 Å². The van der Waals surface area contributed by atoms with Crippen LogP contribution in [0.25, 0.3) is 0 Å². The summed E-state index contributed by atoms with van der Waals surface area (Å²) in [6.45, 7) is 3.91. The Hall–Kier alpha value is -0.580. The van der Waals surface area contributed by atoms with Gasteiger partial charge in [-0.1, -0.05) is 0 Å². The quantitative estimate of drug-likeness (QED) is 0.843. The van der Waals surface area contributed by atoms with Crippen LogP contribution in [0.15, 0.2) is 17.5 Å². The zero-order chi connectivity index (χ0) is 10.5. The minimum atomic E-state index is 0.390. The van der Waals surface area contributed by atoms with Crippen LogP contribution in [-0.4, -0.2) is 39.4 Å². The van der Waals surface area contributed by atoms with Crippen LogP contribution < -0.4 is 10.2 Å². The summed E-state index contributed by atoms with van der Waals surface area (Å²) in [5, 5.41) is 6.80. The number of morpholine rings is 1. The molecule has 1 N–H and O–H groups in total. The fourth-order valence-corrected chi connectivity index (χ4v) is 2.46. The maximum Gasteiger partial charge on any atom is 0.0905 e. The molecule has 2 heterocycles. The van der Waals surface area contributed by atoms with Crippen LogP contribution in [0.5, 0.6) is 0 Å². The number of rotatable bonds is 4. The Balaban J connectivity index is 1.73. The summed E-state index contributed by atoms with van der Waals surface area (Å²) >= 11 is 1.79. The van der Waals surface area contributed by atoms with E-state index in [9.17, 15) is 0 Å². The number of nitrogens with zero attached hydrogens (tertiary/aromatic N) is 1. The molecule has 1 unspecified atom stereocenters. The van der Waals surface area contributed by atoms with Gasteiger partial charge in [-0.25, -0.2) is 0 Å². The van der Waals surface area contributed by atoms with Gasteiger partial charge in [0.15, 0.2) is 0 Å². The Kier molecular flexibility index (Phi) is 4.00. The molecule has 84 valence electrons. The average Bonchev–Trinajstić information content (AvgIpc) is 2.81. The van der Waals surface area contributed by atoms with Crippen molar-refractivity contribution in [3.63, 3.8) is 0 Å². The van der Waals surface area contributed by atoms with Crippen molar-refractivity contribution < 1.29 is 4.74 Å². The molecule has 1 aromatic heterocycles. The molecule has 1 fully saturated rings. The predicted octanol–water partition coefficient (Wildman–Crippen LogP) is 1.56. The van der Waals surface area contributed by atoms with E-state index in [0.717, 1.165) is 32.7 Å². The fraction of sp³-hybridized carbons (Fsp3) is 0.636. The minimum absolute atomic E-state index is 0.390. The van der Waals surface area contributed by atoms with E-state index in [1.807, 2.05) is 0 Å². The molecule has 0 aromatic carbocycles. The summed E-state index contributed by atoms with van der Waals surface area (Å²) in [5.41, 5.74) is 0. The largest absolute Gasteiger partial charge is 0.376 e. The van der Waals surface area contributed by atoms with E-state index in [2.05, 4.69) is 34.8 Å². The van der Waals surface area contributed by atoms with Crippen LogP contribution in [0.4, 0.5) is 5.00 Å². The van der Waals surface area contributed by atoms with Crippen molar-refractivity contribution in [3.8, 4) is 0 Å². The van der Waals surface area contributed by atoms with Crippen LogP contribution in [0.1, 0.15) is 6.42 Å². The molecule has 3 nitrogen and oxygen atoms in total. The molecule has 1 aliphatic rings. The molecule has 0 saturated carbocycles. The van der Waals surface area contributed by atoms with Crippen LogP contribution in [-0.2, 0) is 4.74 Å². The van der Waals surface area contributed by atoms with Crippen LogP contribution >= 0.6 is 11.3 Å². The smallest absolute Gasteiger partial charge is 0.0905 e. The second-order valence-electron chi connectivity index (χ2n) is 3.86. The summed E-state index contributed by atoms with van der Waals surface area (Å²) < 4.78 is 5.66. The fourth-order valence-electron chi connectivity index (χ4n) is 1.74. The Morgan fingerprint density at radius 2 is 2.60 bits per heavy atom. The van der Waals surface area contributed by atoms with Crippen molar-refractivity contribution >= 4 is 16.3 Å². The topological polar surface area (TPSA) is 24.5 Å². The lowest BCUT2D eigenvalue weighted by atomic mass is 10.2. The van der Waals surface area contributed by atoms with Crippen molar-refractivity contribution in [1.82, 2.24) is 5.32 Å². The van der Waals surface area contributed by atoms with E-state index in [1.54, 1.807) is 11.3 Å². The van der Waals surface area contributed by atoms with Gasteiger partial charge in [-0.15, -0.1) is 11.3 Å². The number of hydrogen-bond acceptors (Lipinski definition) is 4. The lowest BCUT2D eigenvalue weighted by molar-refractivity contribution is 0.0250. The van der Waals surface area contributed by atoms with E-state index in [0.29, 0.717) is 6.10 Å². The second-order valence-corrected chi connectivity index (χ2v) is 4.78. The molecule has 1 atom stereocenters. The van der Waals surface area contributed by atoms with Crippen molar-refractivity contribution in [2.24, 2.45) is 0 Å². The molecule has 0 spiro atoms. The van der Waals surface area contributed by atoms with E-state index in [-0.39, 0.29) is 0 Å². The van der Waals surface area contributed by atoms with Crippen LogP contribution in [0.3, 0.4) is 0 Å². The first-order chi connectivity index (χ1) is 7.36. The van der Waals surface area contributed by atoms with Gasteiger partial charge in [0.05, 0.1) is 17.7 Å². The monoisotopic (exact) mass is 226 g/mol. The molecular weight excluding hydrogens is 208 g/mol. The summed E-state index contributed by atoms with van der Waals surface area (Å²) in [7, 11) is 2.14. The molecule has 2 rings (SSSR count). The molecule has 15 heavy (non-hydrogen) atoms. The maximum absolute atomic E-state index is 5.66. The van der Waals surface area contributed by atoms with Gasteiger partial charge in [0.25, 0.3) is 0 Å². The molecule has 1 aromatic rings. The number of thiophene rings is 1. The first-order valence-corrected chi connectivity index (χ1v) is 6.31. The molecule has 0 aliphatic carbocycles. The molecular formula is C11H18N2OS. The summed E-state index contributed by atoms with van der Waals surface area (Å²) in [5.74, 6) is 0. The van der Waals surface area contributed by atoms with Crippen molar-refractivity contribution in [2.45, 2.75) is 12.5 Å². The Bertz CT molecular complexity index is 270. The van der Waals surface area contributed by atoms with Crippen LogP contribution in [0, 0.1) is 0 Å². The lowest BCUT2D eigenvalue weighted by Gasteiger charge is -2.26. The number of nitrogens with one attached hydrogen (secondary N) is 1.